The largest absolute Gasteiger partial charge is 0.469 e. The van der Waals surface area contributed by atoms with Crippen LogP contribution in [0.4, 0.5) is 5.69 Å². The Balaban J connectivity index is 1.54. The van der Waals surface area contributed by atoms with Gasteiger partial charge in [-0.1, -0.05) is 36.0 Å². The molecule has 1 aliphatic rings. The molecule has 1 aromatic carbocycles. The fourth-order valence-electron chi connectivity index (χ4n) is 3.65. The van der Waals surface area contributed by atoms with Crippen molar-refractivity contribution in [3.8, 4) is 11.4 Å². The van der Waals surface area contributed by atoms with Crippen LogP contribution in [0.1, 0.15) is 18.2 Å². The van der Waals surface area contributed by atoms with Crippen LogP contribution in [0.3, 0.4) is 0 Å². The van der Waals surface area contributed by atoms with Gasteiger partial charge in [0.15, 0.2) is 11.0 Å². The van der Waals surface area contributed by atoms with Crippen molar-refractivity contribution >= 4 is 23.4 Å². The first-order valence-electron chi connectivity index (χ1n) is 9.21. The molecule has 4 rings (SSSR count). The molecule has 0 bridgehead atoms. The van der Waals surface area contributed by atoms with Crippen LogP contribution < -0.4 is 4.90 Å². The summed E-state index contributed by atoms with van der Waals surface area (Å²) in [5, 5.41) is 9.33. The van der Waals surface area contributed by atoms with Gasteiger partial charge in [0, 0.05) is 18.3 Å². The van der Waals surface area contributed by atoms with E-state index in [9.17, 15) is 4.79 Å². The highest BCUT2D eigenvalue weighted by Crippen LogP contribution is 2.33. The number of carbonyl (C=O) groups excluding carboxylic acids is 1. The molecular formula is C21H22N4O2S. The second kappa shape index (κ2) is 7.67. The van der Waals surface area contributed by atoms with Crippen molar-refractivity contribution in [1.29, 1.82) is 0 Å². The molecule has 0 saturated carbocycles. The van der Waals surface area contributed by atoms with Gasteiger partial charge < -0.3 is 9.32 Å². The number of para-hydroxylation sites is 1. The maximum absolute atomic E-state index is 13.0. The van der Waals surface area contributed by atoms with Crippen LogP contribution in [0.2, 0.25) is 0 Å². The minimum atomic E-state index is 0.0802. The second-order valence-electron chi connectivity index (χ2n) is 6.83. The number of fused-ring (bicyclic) bond motifs is 1. The Morgan fingerprint density at radius 3 is 2.93 bits per heavy atom. The minimum Gasteiger partial charge on any atom is -0.469 e. The molecule has 0 saturated heterocycles. The first-order chi connectivity index (χ1) is 13.6. The van der Waals surface area contributed by atoms with Crippen molar-refractivity contribution in [1.82, 2.24) is 14.8 Å². The van der Waals surface area contributed by atoms with Crippen LogP contribution >= 0.6 is 11.8 Å². The standard InChI is InChI=1S/C21H22N4O2S/c1-4-10-24-20(17-9-11-27-15(17)3)22-23-21(24)28-13-19(26)25-14(2)12-16-7-5-6-8-18(16)25/h4-9,11,14H,1,10,12-13H2,2-3H3. The van der Waals surface area contributed by atoms with Crippen LogP contribution in [0.15, 0.2) is 58.8 Å². The Bertz CT molecular complexity index is 1020. The van der Waals surface area contributed by atoms with Gasteiger partial charge in [-0.2, -0.15) is 0 Å². The van der Waals surface area contributed by atoms with Gasteiger partial charge in [0.2, 0.25) is 5.91 Å². The fraction of sp³-hybridized carbons (Fsp3) is 0.286. The van der Waals surface area contributed by atoms with E-state index in [2.05, 4.69) is 29.8 Å². The molecular weight excluding hydrogens is 372 g/mol. The topological polar surface area (TPSA) is 64.2 Å². The van der Waals surface area contributed by atoms with Crippen LogP contribution in [-0.2, 0) is 17.8 Å². The lowest BCUT2D eigenvalue weighted by molar-refractivity contribution is -0.116. The van der Waals surface area contributed by atoms with Gasteiger partial charge in [0.05, 0.1) is 17.6 Å². The maximum Gasteiger partial charge on any atom is 0.237 e. The minimum absolute atomic E-state index is 0.0802. The van der Waals surface area contributed by atoms with Gasteiger partial charge >= 0.3 is 0 Å². The molecule has 0 aliphatic carbocycles. The number of thioether (sulfide) groups is 1. The first kappa shape index (κ1) is 18.6. The molecule has 7 heteroatoms. The highest BCUT2D eigenvalue weighted by atomic mass is 32.2. The van der Waals surface area contributed by atoms with E-state index in [0.717, 1.165) is 29.3 Å². The summed E-state index contributed by atoms with van der Waals surface area (Å²) in [6, 6.07) is 10.1. The van der Waals surface area contributed by atoms with Gasteiger partial charge in [0.1, 0.15) is 5.76 Å². The van der Waals surface area contributed by atoms with Crippen LogP contribution in [0, 0.1) is 6.92 Å². The van der Waals surface area contributed by atoms with Gasteiger partial charge in [-0.15, -0.1) is 16.8 Å². The molecule has 28 heavy (non-hydrogen) atoms. The number of aromatic nitrogens is 3. The van der Waals surface area contributed by atoms with Crippen molar-refractivity contribution in [3.63, 3.8) is 0 Å². The number of aryl methyl sites for hydroxylation is 1. The lowest BCUT2D eigenvalue weighted by Crippen LogP contribution is -2.37. The zero-order valence-corrected chi connectivity index (χ0v) is 16.8. The van der Waals surface area contributed by atoms with Crippen LogP contribution in [-0.4, -0.2) is 32.5 Å². The van der Waals surface area contributed by atoms with E-state index < -0.39 is 0 Å². The van der Waals surface area contributed by atoms with E-state index in [1.54, 1.807) is 12.3 Å². The van der Waals surface area contributed by atoms with Gasteiger partial charge in [-0.05, 0) is 38.0 Å². The van der Waals surface area contributed by atoms with E-state index in [1.165, 1.54) is 17.3 Å². The molecule has 0 spiro atoms. The van der Waals surface area contributed by atoms with Crippen molar-refractivity contribution in [2.75, 3.05) is 10.7 Å². The average Bonchev–Trinajstić information content (AvgIpc) is 3.36. The zero-order valence-electron chi connectivity index (χ0n) is 16.0. The molecule has 1 amide bonds. The van der Waals surface area contributed by atoms with E-state index in [1.807, 2.05) is 40.7 Å². The third kappa shape index (κ3) is 3.26. The van der Waals surface area contributed by atoms with E-state index >= 15 is 0 Å². The lowest BCUT2D eigenvalue weighted by atomic mass is 10.1. The number of hydrogen-bond donors (Lipinski definition) is 0. The molecule has 1 atom stereocenters. The smallest absolute Gasteiger partial charge is 0.237 e. The van der Waals surface area contributed by atoms with Crippen molar-refractivity contribution in [2.24, 2.45) is 0 Å². The summed E-state index contributed by atoms with van der Waals surface area (Å²) >= 11 is 1.40. The van der Waals surface area contributed by atoms with Crippen molar-refractivity contribution in [2.45, 2.75) is 38.0 Å². The van der Waals surface area contributed by atoms with Gasteiger partial charge in [-0.3, -0.25) is 9.36 Å². The summed E-state index contributed by atoms with van der Waals surface area (Å²) in [7, 11) is 0. The highest BCUT2D eigenvalue weighted by Gasteiger charge is 2.30. The molecule has 144 valence electrons. The number of anilines is 1. The normalized spacial score (nSPS) is 15.6. The quantitative estimate of drug-likeness (QED) is 0.465. The SMILES string of the molecule is C=CCn1c(SCC(=O)N2c3ccccc3CC2C)nnc1-c1ccoc1C. The summed E-state index contributed by atoms with van der Waals surface area (Å²) in [5.41, 5.74) is 3.14. The molecule has 0 N–H and O–H groups in total. The highest BCUT2D eigenvalue weighted by molar-refractivity contribution is 7.99. The summed E-state index contributed by atoms with van der Waals surface area (Å²) in [4.78, 5) is 14.9. The monoisotopic (exact) mass is 394 g/mol. The maximum atomic E-state index is 13.0. The molecule has 3 heterocycles. The Hall–Kier alpha value is -2.80. The number of benzene rings is 1. The Kier molecular flexibility index (Phi) is 5.09. The van der Waals surface area contributed by atoms with E-state index in [4.69, 9.17) is 4.42 Å². The number of hydrogen-bond acceptors (Lipinski definition) is 5. The third-order valence-corrected chi connectivity index (χ3v) is 5.88. The number of carbonyl (C=O) groups is 1. The average molecular weight is 395 g/mol. The molecule has 2 aromatic heterocycles. The summed E-state index contributed by atoms with van der Waals surface area (Å²) in [6.07, 6.45) is 4.33. The number of rotatable bonds is 6. The van der Waals surface area contributed by atoms with E-state index in [0.29, 0.717) is 17.5 Å². The second-order valence-corrected chi connectivity index (χ2v) is 7.77. The third-order valence-electron chi connectivity index (χ3n) is 4.93. The zero-order chi connectivity index (χ0) is 19.7. The van der Waals surface area contributed by atoms with Gasteiger partial charge in [-0.25, -0.2) is 0 Å². The Labute approximate surface area is 168 Å². The number of amides is 1. The number of furan rings is 1. The fourth-order valence-corrected chi connectivity index (χ4v) is 4.45. The summed E-state index contributed by atoms with van der Waals surface area (Å²) in [5.74, 6) is 1.89. The molecule has 3 aromatic rings. The predicted molar refractivity (Wildman–Crippen MR) is 110 cm³/mol. The molecule has 0 radical (unpaired) electrons. The molecule has 1 aliphatic heterocycles. The van der Waals surface area contributed by atoms with Crippen molar-refractivity contribution in [3.05, 3.63) is 60.6 Å². The van der Waals surface area contributed by atoms with Crippen LogP contribution in [0.25, 0.3) is 11.4 Å². The Morgan fingerprint density at radius 1 is 1.36 bits per heavy atom. The van der Waals surface area contributed by atoms with Gasteiger partial charge in [0.25, 0.3) is 0 Å². The summed E-state index contributed by atoms with van der Waals surface area (Å²) in [6.45, 7) is 8.37. The van der Waals surface area contributed by atoms with E-state index in [-0.39, 0.29) is 11.9 Å². The Morgan fingerprint density at radius 2 is 2.18 bits per heavy atom. The summed E-state index contributed by atoms with van der Waals surface area (Å²) < 4.78 is 7.36. The number of nitrogens with zero attached hydrogens (tertiary/aromatic N) is 4. The molecule has 1 unspecified atom stereocenters. The number of allylic oxidation sites excluding steroid dienone is 1. The molecule has 0 fully saturated rings. The van der Waals surface area contributed by atoms with Crippen LogP contribution in [0.5, 0.6) is 0 Å². The predicted octanol–water partition coefficient (Wildman–Crippen LogP) is 4.10. The first-order valence-corrected chi connectivity index (χ1v) is 10.2. The lowest BCUT2D eigenvalue weighted by Gasteiger charge is -2.22. The molecule has 6 nitrogen and oxygen atoms in total. The van der Waals surface area contributed by atoms with Crippen molar-refractivity contribution < 1.29 is 9.21 Å².